The number of hydrogen-bond donors (Lipinski definition) is 1. The fourth-order valence-electron chi connectivity index (χ4n) is 2.95. The minimum atomic E-state index is -0.236. The molecule has 30 heavy (non-hydrogen) atoms. The summed E-state index contributed by atoms with van der Waals surface area (Å²) in [5.74, 6) is -0.248. The standard InChI is InChI=1S/C24H25N3O2S/c1-4-27(5-2)24(29)18-10-12-19(13-11-18)26-22(28)21-7-6-16-25-23(21)30-20-14-8-17(3)9-15-20/h6-16H,4-5H2,1-3H3,(H,26,28). The lowest BCUT2D eigenvalue weighted by Crippen LogP contribution is -2.30. The van der Waals surface area contributed by atoms with Crippen molar-refractivity contribution in [2.24, 2.45) is 0 Å². The van der Waals surface area contributed by atoms with Gasteiger partial charge in [0.1, 0.15) is 5.03 Å². The van der Waals surface area contributed by atoms with Crippen LogP contribution in [0.5, 0.6) is 0 Å². The van der Waals surface area contributed by atoms with Gasteiger partial charge in [0.25, 0.3) is 11.8 Å². The Morgan fingerprint density at radius 3 is 2.27 bits per heavy atom. The Bertz CT molecular complexity index is 1010. The van der Waals surface area contributed by atoms with Gasteiger partial charge in [-0.1, -0.05) is 29.5 Å². The van der Waals surface area contributed by atoms with Crippen molar-refractivity contribution in [1.29, 1.82) is 0 Å². The molecule has 1 N–H and O–H groups in total. The number of amides is 2. The van der Waals surface area contributed by atoms with Crippen LogP contribution in [0.1, 0.15) is 40.1 Å². The Balaban J connectivity index is 1.73. The average molecular weight is 420 g/mol. The first kappa shape index (κ1) is 21.6. The van der Waals surface area contributed by atoms with E-state index in [1.165, 1.54) is 17.3 Å². The molecule has 0 saturated heterocycles. The first-order chi connectivity index (χ1) is 14.5. The van der Waals surface area contributed by atoms with Crippen molar-refractivity contribution in [2.45, 2.75) is 30.7 Å². The quantitative estimate of drug-likeness (QED) is 0.566. The average Bonchev–Trinajstić information content (AvgIpc) is 2.77. The van der Waals surface area contributed by atoms with Gasteiger partial charge in [-0.05, 0) is 69.3 Å². The van der Waals surface area contributed by atoms with Crippen molar-refractivity contribution >= 4 is 29.3 Å². The molecule has 6 heteroatoms. The molecule has 0 unspecified atom stereocenters. The minimum absolute atomic E-state index is 0.0121. The van der Waals surface area contributed by atoms with Crippen LogP contribution in [-0.2, 0) is 0 Å². The number of hydrogen-bond acceptors (Lipinski definition) is 4. The molecule has 0 bridgehead atoms. The first-order valence-corrected chi connectivity index (χ1v) is 10.7. The van der Waals surface area contributed by atoms with Gasteiger partial charge in [0.2, 0.25) is 0 Å². The van der Waals surface area contributed by atoms with Crippen LogP contribution in [0.15, 0.2) is 76.8 Å². The fraction of sp³-hybridized carbons (Fsp3) is 0.208. The summed E-state index contributed by atoms with van der Waals surface area (Å²) in [4.78, 5) is 32.5. The van der Waals surface area contributed by atoms with E-state index in [0.717, 1.165) is 4.90 Å². The Morgan fingerprint density at radius 2 is 1.63 bits per heavy atom. The van der Waals surface area contributed by atoms with Crippen LogP contribution in [0.2, 0.25) is 0 Å². The highest BCUT2D eigenvalue weighted by molar-refractivity contribution is 7.99. The van der Waals surface area contributed by atoms with Crippen LogP contribution in [0, 0.1) is 6.92 Å². The van der Waals surface area contributed by atoms with Crippen LogP contribution in [0.25, 0.3) is 0 Å². The fourth-order valence-corrected chi connectivity index (χ4v) is 3.83. The summed E-state index contributed by atoms with van der Waals surface area (Å²) in [6, 6.07) is 18.6. The number of benzene rings is 2. The van der Waals surface area contributed by atoms with E-state index >= 15 is 0 Å². The van der Waals surface area contributed by atoms with Crippen LogP contribution >= 0.6 is 11.8 Å². The molecule has 1 aromatic heterocycles. The van der Waals surface area contributed by atoms with Gasteiger partial charge in [0, 0.05) is 35.4 Å². The summed E-state index contributed by atoms with van der Waals surface area (Å²) in [6.45, 7) is 7.27. The van der Waals surface area contributed by atoms with Gasteiger partial charge in [0.05, 0.1) is 5.56 Å². The number of carbonyl (C=O) groups is 2. The SMILES string of the molecule is CCN(CC)C(=O)c1ccc(NC(=O)c2cccnc2Sc2ccc(C)cc2)cc1. The summed E-state index contributed by atoms with van der Waals surface area (Å²) in [6.07, 6.45) is 1.68. The Kier molecular flexibility index (Phi) is 7.25. The summed E-state index contributed by atoms with van der Waals surface area (Å²) in [5, 5.41) is 3.55. The highest BCUT2D eigenvalue weighted by Crippen LogP contribution is 2.29. The second-order valence-corrected chi connectivity index (χ2v) is 7.84. The zero-order chi connectivity index (χ0) is 21.5. The van der Waals surface area contributed by atoms with Crippen LogP contribution in [-0.4, -0.2) is 34.8 Å². The third-order valence-corrected chi connectivity index (χ3v) is 5.72. The second kappa shape index (κ2) is 10.1. The molecule has 5 nitrogen and oxygen atoms in total. The van der Waals surface area contributed by atoms with Gasteiger partial charge >= 0.3 is 0 Å². The minimum Gasteiger partial charge on any atom is -0.339 e. The van der Waals surface area contributed by atoms with Gasteiger partial charge < -0.3 is 10.2 Å². The molecular weight excluding hydrogens is 394 g/mol. The molecule has 154 valence electrons. The molecule has 3 rings (SSSR count). The van der Waals surface area contributed by atoms with E-state index in [1.54, 1.807) is 47.5 Å². The molecule has 0 radical (unpaired) electrons. The number of pyridine rings is 1. The summed E-state index contributed by atoms with van der Waals surface area (Å²) in [7, 11) is 0. The molecule has 0 saturated carbocycles. The molecule has 0 aliphatic rings. The maximum absolute atomic E-state index is 12.9. The summed E-state index contributed by atoms with van der Waals surface area (Å²) in [5.41, 5.74) is 2.92. The van der Waals surface area contributed by atoms with E-state index in [-0.39, 0.29) is 11.8 Å². The molecule has 0 aliphatic carbocycles. The molecular formula is C24H25N3O2S. The Morgan fingerprint density at radius 1 is 0.967 bits per heavy atom. The zero-order valence-corrected chi connectivity index (χ0v) is 18.2. The topological polar surface area (TPSA) is 62.3 Å². The second-order valence-electron chi connectivity index (χ2n) is 6.78. The highest BCUT2D eigenvalue weighted by Gasteiger charge is 2.15. The number of nitrogens with one attached hydrogen (secondary N) is 1. The van der Waals surface area contributed by atoms with Crippen molar-refractivity contribution in [3.8, 4) is 0 Å². The first-order valence-electron chi connectivity index (χ1n) is 9.92. The lowest BCUT2D eigenvalue weighted by atomic mass is 10.1. The number of carbonyl (C=O) groups excluding carboxylic acids is 2. The molecule has 0 spiro atoms. The number of aromatic nitrogens is 1. The van der Waals surface area contributed by atoms with Crippen LogP contribution < -0.4 is 5.32 Å². The molecule has 1 heterocycles. The predicted molar refractivity (Wildman–Crippen MR) is 121 cm³/mol. The van der Waals surface area contributed by atoms with Crippen molar-refractivity contribution in [3.05, 3.63) is 83.6 Å². The predicted octanol–water partition coefficient (Wildman–Crippen LogP) is 5.28. The molecule has 2 aromatic carbocycles. The molecule has 0 atom stereocenters. The highest BCUT2D eigenvalue weighted by atomic mass is 32.2. The van der Waals surface area contributed by atoms with E-state index in [2.05, 4.69) is 10.3 Å². The lowest BCUT2D eigenvalue weighted by Gasteiger charge is -2.18. The zero-order valence-electron chi connectivity index (χ0n) is 17.4. The normalized spacial score (nSPS) is 10.5. The van der Waals surface area contributed by atoms with Gasteiger partial charge in [-0.2, -0.15) is 0 Å². The van der Waals surface area contributed by atoms with E-state index in [9.17, 15) is 9.59 Å². The molecule has 3 aromatic rings. The van der Waals surface area contributed by atoms with Gasteiger partial charge in [-0.15, -0.1) is 0 Å². The summed E-state index contributed by atoms with van der Waals surface area (Å²) >= 11 is 1.45. The van der Waals surface area contributed by atoms with E-state index in [1.807, 2.05) is 45.0 Å². The number of aryl methyl sites for hydroxylation is 1. The molecule has 0 aliphatic heterocycles. The Hall–Kier alpha value is -3.12. The largest absolute Gasteiger partial charge is 0.339 e. The van der Waals surface area contributed by atoms with Crippen molar-refractivity contribution in [3.63, 3.8) is 0 Å². The van der Waals surface area contributed by atoms with Gasteiger partial charge in [-0.3, -0.25) is 9.59 Å². The van der Waals surface area contributed by atoms with Crippen molar-refractivity contribution < 1.29 is 9.59 Å². The van der Waals surface area contributed by atoms with Crippen molar-refractivity contribution in [1.82, 2.24) is 9.88 Å². The molecule has 2 amide bonds. The van der Waals surface area contributed by atoms with Gasteiger partial charge in [0.15, 0.2) is 0 Å². The van der Waals surface area contributed by atoms with Gasteiger partial charge in [-0.25, -0.2) is 4.98 Å². The smallest absolute Gasteiger partial charge is 0.258 e. The van der Waals surface area contributed by atoms with E-state index in [0.29, 0.717) is 34.9 Å². The van der Waals surface area contributed by atoms with Crippen LogP contribution in [0.3, 0.4) is 0 Å². The number of anilines is 1. The maximum Gasteiger partial charge on any atom is 0.258 e. The summed E-state index contributed by atoms with van der Waals surface area (Å²) < 4.78 is 0. The lowest BCUT2D eigenvalue weighted by molar-refractivity contribution is 0.0773. The maximum atomic E-state index is 12.9. The Labute approximate surface area is 181 Å². The van der Waals surface area contributed by atoms with Crippen molar-refractivity contribution in [2.75, 3.05) is 18.4 Å². The molecule has 0 fully saturated rings. The third kappa shape index (κ3) is 5.27. The van der Waals surface area contributed by atoms with Crippen LogP contribution in [0.4, 0.5) is 5.69 Å². The van der Waals surface area contributed by atoms with E-state index < -0.39 is 0 Å². The number of rotatable bonds is 7. The number of nitrogens with zero attached hydrogens (tertiary/aromatic N) is 2. The third-order valence-electron chi connectivity index (χ3n) is 4.69. The monoisotopic (exact) mass is 419 g/mol. The van der Waals surface area contributed by atoms with E-state index in [4.69, 9.17) is 0 Å².